The zero-order valence-electron chi connectivity index (χ0n) is 7.12. The van der Waals surface area contributed by atoms with Gasteiger partial charge in [0.15, 0.2) is 0 Å². The fraction of sp³-hybridized carbons (Fsp3) is 0.300. The molecule has 1 rings (SSSR count). The van der Waals surface area contributed by atoms with E-state index >= 15 is 0 Å². The number of benzene rings is 1. The Morgan fingerprint density at radius 1 is 1.50 bits per heavy atom. The minimum absolute atomic E-state index is 0.00884. The number of nitrogens with zero attached hydrogens (tertiary/aromatic N) is 1. The van der Waals surface area contributed by atoms with Crippen LogP contribution < -0.4 is 5.73 Å². The predicted molar refractivity (Wildman–Crippen MR) is 48.4 cm³/mol. The SMILES string of the molecule is C[C@H](N)c1ccccc1CC#N. The molecule has 0 aliphatic carbocycles. The van der Waals surface area contributed by atoms with Gasteiger partial charge in [0.2, 0.25) is 0 Å². The van der Waals surface area contributed by atoms with Crippen LogP contribution in [-0.4, -0.2) is 0 Å². The molecule has 0 heterocycles. The van der Waals surface area contributed by atoms with Crippen molar-refractivity contribution in [1.82, 2.24) is 0 Å². The van der Waals surface area contributed by atoms with Crippen LogP contribution in [0.1, 0.15) is 24.1 Å². The summed E-state index contributed by atoms with van der Waals surface area (Å²) in [7, 11) is 0. The van der Waals surface area contributed by atoms with E-state index in [-0.39, 0.29) is 6.04 Å². The molecule has 0 saturated carbocycles. The van der Waals surface area contributed by atoms with E-state index in [4.69, 9.17) is 11.0 Å². The van der Waals surface area contributed by atoms with Crippen LogP contribution >= 0.6 is 0 Å². The summed E-state index contributed by atoms with van der Waals surface area (Å²) < 4.78 is 0. The molecule has 12 heavy (non-hydrogen) atoms. The molecule has 2 nitrogen and oxygen atoms in total. The van der Waals surface area contributed by atoms with Gasteiger partial charge in [0.1, 0.15) is 0 Å². The monoisotopic (exact) mass is 160 g/mol. The van der Waals surface area contributed by atoms with E-state index in [1.165, 1.54) is 0 Å². The van der Waals surface area contributed by atoms with Crippen LogP contribution in [0.15, 0.2) is 24.3 Å². The molecule has 0 spiro atoms. The van der Waals surface area contributed by atoms with Crippen molar-refractivity contribution >= 4 is 0 Å². The number of hydrogen-bond acceptors (Lipinski definition) is 2. The molecule has 0 unspecified atom stereocenters. The van der Waals surface area contributed by atoms with Crippen LogP contribution in [0, 0.1) is 11.3 Å². The first-order valence-corrected chi connectivity index (χ1v) is 3.96. The van der Waals surface area contributed by atoms with E-state index in [1.807, 2.05) is 31.2 Å². The quantitative estimate of drug-likeness (QED) is 0.716. The van der Waals surface area contributed by atoms with Crippen molar-refractivity contribution in [1.29, 1.82) is 5.26 Å². The van der Waals surface area contributed by atoms with Gasteiger partial charge in [-0.05, 0) is 18.1 Å². The largest absolute Gasteiger partial charge is 0.324 e. The summed E-state index contributed by atoms with van der Waals surface area (Å²) in [5, 5.41) is 8.54. The molecule has 0 aliphatic heterocycles. The van der Waals surface area contributed by atoms with Gasteiger partial charge in [-0.25, -0.2) is 0 Å². The normalized spacial score (nSPS) is 12.1. The Kier molecular flexibility index (Phi) is 2.84. The van der Waals surface area contributed by atoms with Crippen molar-refractivity contribution in [2.24, 2.45) is 5.73 Å². The highest BCUT2D eigenvalue weighted by atomic mass is 14.6. The van der Waals surface area contributed by atoms with E-state index in [0.29, 0.717) is 6.42 Å². The third kappa shape index (κ3) is 1.84. The van der Waals surface area contributed by atoms with E-state index in [1.54, 1.807) is 0 Å². The number of hydrogen-bond donors (Lipinski definition) is 1. The molecule has 0 radical (unpaired) electrons. The van der Waals surface area contributed by atoms with Crippen LogP contribution in [0.2, 0.25) is 0 Å². The second-order valence-corrected chi connectivity index (χ2v) is 2.82. The minimum Gasteiger partial charge on any atom is -0.324 e. The molecule has 0 aliphatic rings. The maximum atomic E-state index is 8.54. The molecule has 1 aromatic rings. The van der Waals surface area contributed by atoms with E-state index in [2.05, 4.69) is 6.07 Å². The van der Waals surface area contributed by atoms with Crippen molar-refractivity contribution in [3.63, 3.8) is 0 Å². The summed E-state index contributed by atoms with van der Waals surface area (Å²) in [5.41, 5.74) is 7.84. The lowest BCUT2D eigenvalue weighted by molar-refractivity contribution is 0.806. The Morgan fingerprint density at radius 3 is 2.75 bits per heavy atom. The van der Waals surface area contributed by atoms with Crippen LogP contribution in [0.3, 0.4) is 0 Å². The zero-order chi connectivity index (χ0) is 8.97. The highest BCUT2D eigenvalue weighted by Gasteiger charge is 2.04. The molecule has 0 bridgehead atoms. The van der Waals surface area contributed by atoms with Crippen LogP contribution in [-0.2, 0) is 6.42 Å². The van der Waals surface area contributed by atoms with E-state index < -0.39 is 0 Å². The van der Waals surface area contributed by atoms with Gasteiger partial charge < -0.3 is 5.73 Å². The molecule has 0 aromatic heterocycles. The summed E-state index contributed by atoms with van der Waals surface area (Å²) in [4.78, 5) is 0. The summed E-state index contributed by atoms with van der Waals surface area (Å²) in [6.07, 6.45) is 0.442. The number of nitriles is 1. The highest BCUT2D eigenvalue weighted by Crippen LogP contribution is 2.15. The fourth-order valence-corrected chi connectivity index (χ4v) is 1.22. The standard InChI is InChI=1S/C10H12N2/c1-8(12)10-5-3-2-4-9(10)6-7-11/h2-5,8H,6,12H2,1H3/t8-/m0/s1. The molecule has 0 fully saturated rings. The molecular weight excluding hydrogens is 148 g/mol. The predicted octanol–water partition coefficient (Wildman–Crippen LogP) is 1.77. The summed E-state index contributed by atoms with van der Waals surface area (Å²) in [6.45, 7) is 1.93. The Balaban J connectivity index is 3.02. The topological polar surface area (TPSA) is 49.8 Å². The first kappa shape index (κ1) is 8.76. The van der Waals surface area contributed by atoms with Crippen molar-refractivity contribution < 1.29 is 0 Å². The van der Waals surface area contributed by atoms with Crippen LogP contribution in [0.5, 0.6) is 0 Å². The average molecular weight is 160 g/mol. The smallest absolute Gasteiger partial charge is 0.0669 e. The first-order valence-electron chi connectivity index (χ1n) is 3.96. The van der Waals surface area contributed by atoms with E-state index in [0.717, 1.165) is 11.1 Å². The highest BCUT2D eigenvalue weighted by molar-refractivity contribution is 5.31. The molecule has 0 saturated heterocycles. The minimum atomic E-state index is 0.00884. The van der Waals surface area contributed by atoms with Crippen molar-refractivity contribution in [3.05, 3.63) is 35.4 Å². The van der Waals surface area contributed by atoms with Gasteiger partial charge in [0.25, 0.3) is 0 Å². The Bertz CT molecular complexity index is 297. The Labute approximate surface area is 72.6 Å². The van der Waals surface area contributed by atoms with Crippen LogP contribution in [0.25, 0.3) is 0 Å². The van der Waals surface area contributed by atoms with Gasteiger partial charge in [-0.2, -0.15) is 5.26 Å². The van der Waals surface area contributed by atoms with E-state index in [9.17, 15) is 0 Å². The summed E-state index contributed by atoms with van der Waals surface area (Å²) in [5.74, 6) is 0. The maximum Gasteiger partial charge on any atom is 0.0669 e. The van der Waals surface area contributed by atoms with Gasteiger partial charge in [0.05, 0.1) is 12.5 Å². The van der Waals surface area contributed by atoms with Gasteiger partial charge in [-0.1, -0.05) is 24.3 Å². The lowest BCUT2D eigenvalue weighted by Crippen LogP contribution is -2.07. The Morgan fingerprint density at radius 2 is 2.17 bits per heavy atom. The fourth-order valence-electron chi connectivity index (χ4n) is 1.22. The summed E-state index contributed by atoms with van der Waals surface area (Å²) >= 11 is 0. The van der Waals surface area contributed by atoms with Gasteiger partial charge in [-0.3, -0.25) is 0 Å². The van der Waals surface area contributed by atoms with Gasteiger partial charge >= 0.3 is 0 Å². The molecule has 62 valence electrons. The first-order chi connectivity index (χ1) is 5.75. The number of nitrogens with two attached hydrogens (primary N) is 1. The lowest BCUT2D eigenvalue weighted by Gasteiger charge is -2.09. The molecule has 1 atom stereocenters. The zero-order valence-corrected chi connectivity index (χ0v) is 7.12. The molecule has 1 aromatic carbocycles. The second kappa shape index (κ2) is 3.89. The molecule has 0 amide bonds. The Hall–Kier alpha value is -1.33. The van der Waals surface area contributed by atoms with Crippen LogP contribution in [0.4, 0.5) is 0 Å². The van der Waals surface area contributed by atoms with Crippen molar-refractivity contribution in [2.45, 2.75) is 19.4 Å². The molecule has 2 N–H and O–H groups in total. The second-order valence-electron chi connectivity index (χ2n) is 2.82. The maximum absolute atomic E-state index is 8.54. The summed E-state index contributed by atoms with van der Waals surface area (Å²) in [6, 6.07) is 9.92. The average Bonchev–Trinajstić information content (AvgIpc) is 2.05. The van der Waals surface area contributed by atoms with Crippen molar-refractivity contribution in [3.8, 4) is 6.07 Å². The number of rotatable bonds is 2. The third-order valence-corrected chi connectivity index (χ3v) is 1.82. The van der Waals surface area contributed by atoms with Gasteiger partial charge in [0, 0.05) is 6.04 Å². The van der Waals surface area contributed by atoms with Gasteiger partial charge in [-0.15, -0.1) is 0 Å². The molecule has 2 heteroatoms. The third-order valence-electron chi connectivity index (χ3n) is 1.82. The molecular formula is C10H12N2. The van der Waals surface area contributed by atoms with Crippen molar-refractivity contribution in [2.75, 3.05) is 0 Å². The lowest BCUT2D eigenvalue weighted by atomic mass is 10.0.